The van der Waals surface area contributed by atoms with Gasteiger partial charge in [0.25, 0.3) is 0 Å². The minimum Gasteiger partial charge on any atom is -0.315 e. The first-order chi connectivity index (χ1) is 10.5. The van der Waals surface area contributed by atoms with Crippen LogP contribution in [0.5, 0.6) is 0 Å². The van der Waals surface area contributed by atoms with Gasteiger partial charge in [-0.1, -0.05) is 18.2 Å². The molecule has 0 bridgehead atoms. The van der Waals surface area contributed by atoms with Crippen LogP contribution in [0.3, 0.4) is 0 Å². The van der Waals surface area contributed by atoms with Crippen LogP contribution in [0.25, 0.3) is 0 Å². The van der Waals surface area contributed by atoms with Gasteiger partial charge in [0.15, 0.2) is 15.2 Å². The van der Waals surface area contributed by atoms with Crippen LogP contribution in [-0.4, -0.2) is 30.0 Å². The normalized spacial score (nSPS) is 20.3. The highest BCUT2D eigenvalue weighted by molar-refractivity contribution is 7.92. The van der Waals surface area contributed by atoms with Crippen LogP contribution in [0, 0.1) is 5.82 Å². The van der Waals surface area contributed by atoms with Gasteiger partial charge in [0.05, 0.1) is 5.69 Å². The van der Waals surface area contributed by atoms with Crippen molar-refractivity contribution in [2.24, 2.45) is 0 Å². The fourth-order valence-electron chi connectivity index (χ4n) is 2.48. The highest BCUT2D eigenvalue weighted by atomic mass is 32.2. The van der Waals surface area contributed by atoms with Gasteiger partial charge in [0, 0.05) is 12.7 Å². The van der Waals surface area contributed by atoms with Gasteiger partial charge in [-0.15, -0.1) is 0 Å². The number of rotatable bonds is 3. The second-order valence-corrected chi connectivity index (χ2v) is 7.12. The van der Waals surface area contributed by atoms with Crippen LogP contribution < -0.4 is 0 Å². The van der Waals surface area contributed by atoms with Crippen molar-refractivity contribution in [2.45, 2.75) is 11.9 Å². The van der Waals surface area contributed by atoms with E-state index >= 15 is 0 Å². The fraction of sp³-hybridized carbons (Fsp3) is 0.200. The summed E-state index contributed by atoms with van der Waals surface area (Å²) in [6.07, 6.45) is 1.49. The SMILES string of the molecule is O=C1CS(=O)(=O)[C@H](c2ccccn2)N1Cc1ccc(F)cc1. The Morgan fingerprint density at radius 2 is 1.91 bits per heavy atom. The smallest absolute Gasteiger partial charge is 0.239 e. The van der Waals surface area contributed by atoms with E-state index in [0.717, 1.165) is 0 Å². The quantitative estimate of drug-likeness (QED) is 0.863. The third kappa shape index (κ3) is 2.71. The number of sulfone groups is 1. The molecule has 0 radical (unpaired) electrons. The number of halogens is 1. The van der Waals surface area contributed by atoms with Gasteiger partial charge < -0.3 is 4.90 Å². The van der Waals surface area contributed by atoms with Gasteiger partial charge in [0.2, 0.25) is 5.91 Å². The molecule has 22 heavy (non-hydrogen) atoms. The van der Waals surface area contributed by atoms with Gasteiger partial charge in [-0.25, -0.2) is 12.8 Å². The molecule has 1 atom stereocenters. The maximum atomic E-state index is 13.0. The van der Waals surface area contributed by atoms with Gasteiger partial charge in [-0.3, -0.25) is 9.78 Å². The Kier molecular flexibility index (Phi) is 3.66. The van der Waals surface area contributed by atoms with E-state index in [1.54, 1.807) is 18.2 Å². The predicted molar refractivity (Wildman–Crippen MR) is 77.7 cm³/mol. The number of pyridine rings is 1. The topological polar surface area (TPSA) is 67.3 Å². The van der Waals surface area contributed by atoms with E-state index in [0.29, 0.717) is 11.3 Å². The molecule has 0 spiro atoms. The van der Waals surface area contributed by atoms with Crippen molar-refractivity contribution in [1.29, 1.82) is 0 Å². The van der Waals surface area contributed by atoms with Gasteiger partial charge in [0.1, 0.15) is 11.6 Å². The summed E-state index contributed by atoms with van der Waals surface area (Å²) >= 11 is 0. The average molecular weight is 320 g/mol. The fourth-order valence-corrected chi connectivity index (χ4v) is 4.24. The summed E-state index contributed by atoms with van der Waals surface area (Å²) in [5.41, 5.74) is 0.975. The molecule has 3 rings (SSSR count). The summed E-state index contributed by atoms with van der Waals surface area (Å²) in [6.45, 7) is 0.0968. The zero-order valence-corrected chi connectivity index (χ0v) is 12.3. The molecule has 1 aliphatic rings. The number of amides is 1. The van der Waals surface area contributed by atoms with Crippen molar-refractivity contribution in [3.8, 4) is 0 Å². The van der Waals surface area contributed by atoms with Crippen LogP contribution in [0.2, 0.25) is 0 Å². The lowest BCUT2D eigenvalue weighted by atomic mass is 10.2. The minimum absolute atomic E-state index is 0.0968. The lowest BCUT2D eigenvalue weighted by Crippen LogP contribution is -2.29. The molecule has 1 amide bonds. The van der Waals surface area contributed by atoms with Crippen LogP contribution >= 0.6 is 0 Å². The van der Waals surface area contributed by atoms with Crippen molar-refractivity contribution in [2.75, 3.05) is 5.75 Å². The lowest BCUT2D eigenvalue weighted by Gasteiger charge is -2.23. The maximum absolute atomic E-state index is 13.0. The largest absolute Gasteiger partial charge is 0.315 e. The van der Waals surface area contributed by atoms with Crippen molar-refractivity contribution in [3.05, 3.63) is 65.7 Å². The zero-order valence-electron chi connectivity index (χ0n) is 11.5. The third-order valence-corrected chi connectivity index (χ3v) is 5.30. The second kappa shape index (κ2) is 5.49. The van der Waals surface area contributed by atoms with E-state index in [2.05, 4.69) is 4.98 Å². The molecule has 7 heteroatoms. The molecule has 1 aromatic carbocycles. The summed E-state index contributed by atoms with van der Waals surface area (Å²) in [5.74, 6) is -1.39. The average Bonchev–Trinajstić information content (AvgIpc) is 2.71. The maximum Gasteiger partial charge on any atom is 0.239 e. The van der Waals surface area contributed by atoms with E-state index in [9.17, 15) is 17.6 Å². The summed E-state index contributed by atoms with van der Waals surface area (Å²) in [7, 11) is -3.63. The molecule has 1 aliphatic heterocycles. The number of hydrogen-bond acceptors (Lipinski definition) is 4. The predicted octanol–water partition coefficient (Wildman–Crippen LogP) is 1.68. The summed E-state index contributed by atoms with van der Waals surface area (Å²) in [6, 6.07) is 10.6. The van der Waals surface area contributed by atoms with Crippen molar-refractivity contribution in [3.63, 3.8) is 0 Å². The second-order valence-electron chi connectivity index (χ2n) is 5.06. The highest BCUT2D eigenvalue weighted by Crippen LogP contribution is 2.33. The molecule has 0 unspecified atom stereocenters. The Bertz CT molecular complexity index is 791. The summed E-state index contributed by atoms with van der Waals surface area (Å²) in [5, 5.41) is -1.09. The Hall–Kier alpha value is -2.28. The van der Waals surface area contributed by atoms with Crippen LogP contribution in [0.15, 0.2) is 48.7 Å². The number of carbonyl (C=O) groups is 1. The van der Waals surface area contributed by atoms with Crippen LogP contribution in [0.4, 0.5) is 4.39 Å². The van der Waals surface area contributed by atoms with E-state index in [1.807, 2.05) is 0 Å². The number of hydrogen-bond donors (Lipinski definition) is 0. The van der Waals surface area contributed by atoms with Crippen molar-refractivity contribution < 1.29 is 17.6 Å². The first kappa shape index (κ1) is 14.6. The van der Waals surface area contributed by atoms with Crippen molar-refractivity contribution in [1.82, 2.24) is 9.88 Å². The lowest BCUT2D eigenvalue weighted by molar-refractivity contribution is -0.128. The molecule has 1 aromatic heterocycles. The monoisotopic (exact) mass is 320 g/mol. The molecular weight excluding hydrogens is 307 g/mol. The molecule has 0 aliphatic carbocycles. The molecule has 114 valence electrons. The standard InChI is InChI=1S/C15H13FN2O3S/c16-12-6-4-11(5-7-12)9-18-14(19)10-22(20,21)15(18)13-3-1-2-8-17-13/h1-8,15H,9-10H2/t15-/m1/s1. The molecule has 1 fully saturated rings. The molecule has 0 N–H and O–H groups in total. The highest BCUT2D eigenvalue weighted by Gasteiger charge is 2.45. The zero-order chi connectivity index (χ0) is 15.7. The van der Waals surface area contributed by atoms with Crippen LogP contribution in [-0.2, 0) is 21.2 Å². The van der Waals surface area contributed by atoms with Gasteiger partial charge >= 0.3 is 0 Å². The third-order valence-electron chi connectivity index (χ3n) is 3.48. The first-order valence-corrected chi connectivity index (χ1v) is 8.35. The van der Waals surface area contributed by atoms with Gasteiger partial charge in [-0.2, -0.15) is 0 Å². The Labute approximate surface area is 127 Å². The molecule has 1 saturated heterocycles. The molecule has 0 saturated carbocycles. The number of aromatic nitrogens is 1. The Morgan fingerprint density at radius 3 is 2.55 bits per heavy atom. The number of nitrogens with zero attached hydrogens (tertiary/aromatic N) is 2. The molecular formula is C15H13FN2O3S. The number of benzene rings is 1. The molecule has 2 heterocycles. The Morgan fingerprint density at radius 1 is 1.18 bits per heavy atom. The van der Waals surface area contributed by atoms with E-state index in [1.165, 1.54) is 35.4 Å². The van der Waals surface area contributed by atoms with E-state index in [-0.39, 0.29) is 12.4 Å². The van der Waals surface area contributed by atoms with E-state index in [4.69, 9.17) is 0 Å². The number of carbonyl (C=O) groups excluding carboxylic acids is 1. The molecule has 2 aromatic rings. The van der Waals surface area contributed by atoms with Crippen molar-refractivity contribution >= 4 is 15.7 Å². The molecule has 5 nitrogen and oxygen atoms in total. The van der Waals surface area contributed by atoms with Crippen LogP contribution in [0.1, 0.15) is 16.6 Å². The Balaban J connectivity index is 1.97. The minimum atomic E-state index is -3.63. The summed E-state index contributed by atoms with van der Waals surface area (Å²) in [4.78, 5) is 17.4. The van der Waals surface area contributed by atoms with Gasteiger partial charge in [-0.05, 0) is 29.8 Å². The summed E-state index contributed by atoms with van der Waals surface area (Å²) < 4.78 is 37.5. The van der Waals surface area contributed by atoms with E-state index < -0.39 is 26.9 Å². The first-order valence-electron chi connectivity index (χ1n) is 6.64.